The van der Waals surface area contributed by atoms with E-state index in [4.69, 9.17) is 4.74 Å². The van der Waals surface area contributed by atoms with Crippen molar-refractivity contribution in [3.8, 4) is 5.75 Å². The van der Waals surface area contributed by atoms with Crippen LogP contribution in [0.2, 0.25) is 0 Å². The van der Waals surface area contributed by atoms with Crippen molar-refractivity contribution in [1.29, 1.82) is 0 Å². The highest BCUT2D eigenvalue weighted by molar-refractivity contribution is 5.91. The summed E-state index contributed by atoms with van der Waals surface area (Å²) in [5.74, 6) is -0.672. The molecule has 1 aliphatic rings. The Morgan fingerprint density at radius 3 is 2.67 bits per heavy atom. The zero-order chi connectivity index (χ0) is 14.8. The molecule has 0 aliphatic heterocycles. The third kappa shape index (κ3) is 2.68. The van der Waals surface area contributed by atoms with Crippen LogP contribution < -0.4 is 4.74 Å². The lowest BCUT2D eigenvalue weighted by atomic mass is 9.88. The molecule has 2 nitrogen and oxygen atoms in total. The first-order valence-corrected chi connectivity index (χ1v) is 7.25. The zero-order valence-corrected chi connectivity index (χ0v) is 12.0. The molecule has 0 spiro atoms. The van der Waals surface area contributed by atoms with Gasteiger partial charge < -0.3 is 4.74 Å². The molecule has 21 heavy (non-hydrogen) atoms. The average molecular weight is 284 g/mol. The van der Waals surface area contributed by atoms with E-state index in [-0.39, 0.29) is 5.56 Å². The largest absolute Gasteiger partial charge is 0.423 e. The number of ether oxygens (including phenoxy) is 1. The van der Waals surface area contributed by atoms with E-state index in [0.29, 0.717) is 5.75 Å². The smallest absolute Gasteiger partial charge is 0.346 e. The second-order valence-corrected chi connectivity index (χ2v) is 5.40. The van der Waals surface area contributed by atoms with Crippen LogP contribution in [0.25, 0.3) is 0 Å². The quantitative estimate of drug-likeness (QED) is 0.609. The SMILES string of the molecule is Cc1c(OC(=O)c2ccccc2F)ccc2c1CCCC2. The van der Waals surface area contributed by atoms with Crippen LogP contribution in [0.1, 0.15) is 39.9 Å². The van der Waals surface area contributed by atoms with Crippen molar-refractivity contribution < 1.29 is 13.9 Å². The number of halogens is 1. The van der Waals surface area contributed by atoms with Gasteiger partial charge in [0.15, 0.2) is 0 Å². The van der Waals surface area contributed by atoms with E-state index in [1.807, 2.05) is 19.1 Å². The summed E-state index contributed by atoms with van der Waals surface area (Å²) in [5, 5.41) is 0. The molecule has 0 saturated carbocycles. The van der Waals surface area contributed by atoms with Crippen LogP contribution in [-0.4, -0.2) is 5.97 Å². The molecule has 0 N–H and O–H groups in total. The van der Waals surface area contributed by atoms with Crippen molar-refractivity contribution in [2.45, 2.75) is 32.6 Å². The van der Waals surface area contributed by atoms with Gasteiger partial charge in [0, 0.05) is 0 Å². The average Bonchev–Trinajstić information content (AvgIpc) is 2.51. The van der Waals surface area contributed by atoms with Gasteiger partial charge >= 0.3 is 5.97 Å². The summed E-state index contributed by atoms with van der Waals surface area (Å²) in [5.41, 5.74) is 3.58. The van der Waals surface area contributed by atoms with Crippen molar-refractivity contribution >= 4 is 5.97 Å². The molecule has 3 rings (SSSR count). The van der Waals surface area contributed by atoms with E-state index < -0.39 is 11.8 Å². The van der Waals surface area contributed by atoms with Gasteiger partial charge in [0.2, 0.25) is 0 Å². The summed E-state index contributed by atoms with van der Waals surface area (Å²) in [7, 11) is 0. The molecule has 0 atom stereocenters. The predicted octanol–water partition coefficient (Wildman–Crippen LogP) is 4.23. The molecule has 0 bridgehead atoms. The maximum atomic E-state index is 13.6. The Hall–Kier alpha value is -2.16. The summed E-state index contributed by atoms with van der Waals surface area (Å²) in [6, 6.07) is 9.71. The van der Waals surface area contributed by atoms with Crippen LogP contribution in [0.4, 0.5) is 4.39 Å². The maximum absolute atomic E-state index is 13.6. The number of benzene rings is 2. The second-order valence-electron chi connectivity index (χ2n) is 5.40. The van der Waals surface area contributed by atoms with Crippen molar-refractivity contribution in [3.05, 3.63) is 64.5 Å². The van der Waals surface area contributed by atoms with E-state index in [1.54, 1.807) is 12.1 Å². The van der Waals surface area contributed by atoms with Crippen LogP contribution >= 0.6 is 0 Å². The first-order chi connectivity index (χ1) is 10.2. The highest BCUT2D eigenvalue weighted by atomic mass is 19.1. The number of hydrogen-bond donors (Lipinski definition) is 0. The van der Waals surface area contributed by atoms with Crippen molar-refractivity contribution in [2.75, 3.05) is 0 Å². The van der Waals surface area contributed by atoms with Crippen LogP contribution in [0.3, 0.4) is 0 Å². The van der Waals surface area contributed by atoms with Gasteiger partial charge in [-0.05, 0) is 67.5 Å². The molecular weight excluding hydrogens is 267 g/mol. The number of esters is 1. The van der Waals surface area contributed by atoms with Crippen LogP contribution in [0, 0.1) is 12.7 Å². The molecule has 0 radical (unpaired) electrons. The third-order valence-corrected chi connectivity index (χ3v) is 4.07. The van der Waals surface area contributed by atoms with E-state index in [2.05, 4.69) is 0 Å². The maximum Gasteiger partial charge on any atom is 0.346 e. The summed E-state index contributed by atoms with van der Waals surface area (Å²) in [4.78, 5) is 12.1. The van der Waals surface area contributed by atoms with Crippen molar-refractivity contribution in [2.24, 2.45) is 0 Å². The minimum atomic E-state index is -0.646. The lowest BCUT2D eigenvalue weighted by molar-refractivity contribution is 0.0728. The van der Waals surface area contributed by atoms with Gasteiger partial charge in [0.05, 0.1) is 5.56 Å². The molecule has 0 heterocycles. The van der Waals surface area contributed by atoms with Gasteiger partial charge in [-0.3, -0.25) is 0 Å². The fraction of sp³-hybridized carbons (Fsp3) is 0.278. The molecule has 0 amide bonds. The van der Waals surface area contributed by atoms with Crippen molar-refractivity contribution in [1.82, 2.24) is 0 Å². The number of fused-ring (bicyclic) bond motifs is 1. The lowest BCUT2D eigenvalue weighted by Crippen LogP contribution is -2.13. The number of carbonyl (C=O) groups excluding carboxylic acids is 1. The molecule has 0 aromatic heterocycles. The van der Waals surface area contributed by atoms with Crippen LogP contribution in [0.15, 0.2) is 36.4 Å². The Bertz CT molecular complexity index is 692. The Morgan fingerprint density at radius 2 is 1.86 bits per heavy atom. The summed E-state index contributed by atoms with van der Waals surface area (Å²) >= 11 is 0. The first-order valence-electron chi connectivity index (χ1n) is 7.25. The number of carbonyl (C=O) groups is 1. The summed E-state index contributed by atoms with van der Waals surface area (Å²) < 4.78 is 19.0. The van der Waals surface area contributed by atoms with E-state index in [9.17, 15) is 9.18 Å². The molecule has 1 aliphatic carbocycles. The summed E-state index contributed by atoms with van der Waals surface area (Å²) in [6.07, 6.45) is 4.48. The van der Waals surface area contributed by atoms with Gasteiger partial charge in [-0.1, -0.05) is 18.2 Å². The molecule has 3 heteroatoms. The van der Waals surface area contributed by atoms with Crippen LogP contribution in [0.5, 0.6) is 5.75 Å². The molecule has 0 saturated heterocycles. The van der Waals surface area contributed by atoms with E-state index in [1.165, 1.54) is 36.1 Å². The molecule has 108 valence electrons. The third-order valence-electron chi connectivity index (χ3n) is 4.07. The second kappa shape index (κ2) is 5.68. The molecular formula is C18H17FO2. The Morgan fingerprint density at radius 1 is 1.10 bits per heavy atom. The lowest BCUT2D eigenvalue weighted by Gasteiger charge is -2.20. The zero-order valence-electron chi connectivity index (χ0n) is 12.0. The normalized spacial score (nSPS) is 13.6. The minimum absolute atomic E-state index is 0.0328. The first kappa shape index (κ1) is 13.8. The Balaban J connectivity index is 1.89. The Kier molecular flexibility index (Phi) is 3.74. The van der Waals surface area contributed by atoms with Gasteiger partial charge in [-0.15, -0.1) is 0 Å². The molecule has 0 unspecified atom stereocenters. The Labute approximate surface area is 123 Å². The number of hydrogen-bond acceptors (Lipinski definition) is 2. The van der Waals surface area contributed by atoms with Gasteiger partial charge in [0.25, 0.3) is 0 Å². The fourth-order valence-electron chi connectivity index (χ4n) is 2.88. The van der Waals surface area contributed by atoms with Crippen molar-refractivity contribution in [3.63, 3.8) is 0 Å². The highest BCUT2D eigenvalue weighted by Crippen LogP contribution is 2.30. The predicted molar refractivity (Wildman–Crippen MR) is 79.2 cm³/mol. The standard InChI is InChI=1S/C18H17FO2/c1-12-14-7-3-2-6-13(14)10-11-17(12)21-18(20)15-8-4-5-9-16(15)19/h4-5,8-11H,2-3,6-7H2,1H3. The molecule has 2 aromatic rings. The highest BCUT2D eigenvalue weighted by Gasteiger charge is 2.18. The van der Waals surface area contributed by atoms with Gasteiger partial charge in [-0.2, -0.15) is 0 Å². The molecule has 0 fully saturated rings. The monoisotopic (exact) mass is 284 g/mol. The topological polar surface area (TPSA) is 26.3 Å². The van der Waals surface area contributed by atoms with Gasteiger partial charge in [0.1, 0.15) is 11.6 Å². The fourth-order valence-corrected chi connectivity index (χ4v) is 2.88. The van der Waals surface area contributed by atoms with Crippen LogP contribution in [-0.2, 0) is 12.8 Å². The molecule has 2 aromatic carbocycles. The number of rotatable bonds is 2. The summed E-state index contributed by atoms with van der Waals surface area (Å²) in [6.45, 7) is 1.97. The van der Waals surface area contributed by atoms with Gasteiger partial charge in [-0.25, -0.2) is 9.18 Å². The van der Waals surface area contributed by atoms with E-state index in [0.717, 1.165) is 18.4 Å². The minimum Gasteiger partial charge on any atom is -0.423 e. The number of aryl methyl sites for hydroxylation is 1. The van der Waals surface area contributed by atoms with E-state index >= 15 is 0 Å².